The van der Waals surface area contributed by atoms with Crippen LogP contribution in [0.5, 0.6) is 0 Å². The Morgan fingerprint density at radius 3 is 2.56 bits per heavy atom. The second-order valence-corrected chi connectivity index (χ2v) is 7.32. The Kier molecular flexibility index (Phi) is 6.59. The van der Waals surface area contributed by atoms with E-state index in [1.54, 1.807) is 0 Å². The summed E-state index contributed by atoms with van der Waals surface area (Å²) in [5.74, 6) is -2.10. The van der Waals surface area contributed by atoms with Crippen LogP contribution in [0.15, 0.2) is 18.2 Å². The van der Waals surface area contributed by atoms with Crippen LogP contribution >= 0.6 is 11.6 Å². The Bertz CT molecular complexity index is 864. The maximum Gasteiger partial charge on any atom is 0.330 e. The molecule has 1 amide bonds. The molecule has 1 aromatic carbocycles. The monoisotopic (exact) mass is 395 g/mol. The van der Waals surface area contributed by atoms with E-state index in [4.69, 9.17) is 11.6 Å². The highest BCUT2D eigenvalue weighted by Crippen LogP contribution is 2.21. The normalized spacial score (nSPS) is 12.3. The van der Waals surface area contributed by atoms with E-state index in [9.17, 15) is 19.1 Å². The summed E-state index contributed by atoms with van der Waals surface area (Å²) in [5.41, 5.74) is 2.48. The van der Waals surface area contributed by atoms with Crippen molar-refractivity contribution in [2.75, 3.05) is 0 Å². The van der Waals surface area contributed by atoms with Crippen LogP contribution in [0.3, 0.4) is 0 Å². The molecule has 0 aliphatic heterocycles. The van der Waals surface area contributed by atoms with Gasteiger partial charge in [-0.25, -0.2) is 9.18 Å². The number of halogens is 2. The van der Waals surface area contributed by atoms with Crippen molar-refractivity contribution >= 4 is 23.5 Å². The van der Waals surface area contributed by atoms with E-state index in [-0.39, 0.29) is 17.0 Å². The van der Waals surface area contributed by atoms with Crippen molar-refractivity contribution < 1.29 is 19.1 Å². The van der Waals surface area contributed by atoms with Gasteiger partial charge in [0.05, 0.1) is 17.1 Å². The molecule has 8 heteroatoms. The topological polar surface area (TPSA) is 84.2 Å². The van der Waals surface area contributed by atoms with Crippen LogP contribution < -0.4 is 5.32 Å². The molecule has 2 aromatic rings. The predicted molar refractivity (Wildman–Crippen MR) is 100 cm³/mol. The van der Waals surface area contributed by atoms with Gasteiger partial charge in [0.2, 0.25) is 5.91 Å². The van der Waals surface area contributed by atoms with Gasteiger partial charge in [-0.1, -0.05) is 31.5 Å². The minimum absolute atomic E-state index is 0.00435. The van der Waals surface area contributed by atoms with E-state index in [2.05, 4.69) is 24.3 Å². The molecule has 1 unspecified atom stereocenters. The molecule has 0 aliphatic rings. The third-order valence-corrected chi connectivity index (χ3v) is 4.54. The number of carboxylic acid groups (broad SMARTS) is 1. The van der Waals surface area contributed by atoms with Gasteiger partial charge in [-0.3, -0.25) is 9.48 Å². The zero-order valence-electron chi connectivity index (χ0n) is 15.7. The fourth-order valence-electron chi connectivity index (χ4n) is 2.87. The molecule has 1 aromatic heterocycles. The zero-order valence-corrected chi connectivity index (χ0v) is 16.5. The molecule has 146 valence electrons. The summed E-state index contributed by atoms with van der Waals surface area (Å²) in [5, 5.41) is 16.2. The summed E-state index contributed by atoms with van der Waals surface area (Å²) < 4.78 is 15.5. The minimum atomic E-state index is -1.37. The Morgan fingerprint density at radius 2 is 2.00 bits per heavy atom. The average Bonchev–Trinajstić information content (AvgIpc) is 2.82. The number of amides is 1. The van der Waals surface area contributed by atoms with Gasteiger partial charge in [0, 0.05) is 17.8 Å². The molecular formula is C19H23ClFN3O3. The maximum atomic E-state index is 13.7. The number of carbonyl (C=O) groups excluding carboxylic acids is 1. The number of aromatic nitrogens is 2. The molecule has 0 fully saturated rings. The van der Waals surface area contributed by atoms with Crippen molar-refractivity contribution in [3.05, 3.63) is 51.6 Å². The van der Waals surface area contributed by atoms with Crippen LogP contribution in [0, 0.1) is 25.6 Å². The second kappa shape index (κ2) is 8.52. The number of hydrogen-bond acceptors (Lipinski definition) is 3. The highest BCUT2D eigenvalue weighted by atomic mass is 35.5. The Morgan fingerprint density at radius 1 is 1.33 bits per heavy atom. The van der Waals surface area contributed by atoms with Crippen LogP contribution in [-0.4, -0.2) is 26.8 Å². The van der Waals surface area contributed by atoms with Crippen molar-refractivity contribution in [2.24, 2.45) is 5.92 Å². The van der Waals surface area contributed by atoms with Gasteiger partial charge in [0.15, 0.2) is 6.04 Å². The standard InChI is InChI=1S/C19H23ClFN3O3/c1-10(2)9-24-12(4)14(11(3)23-24)8-17(25)22-18(19(26)27)13-5-6-15(20)16(21)7-13/h5-7,10,18H,8-9H2,1-4H3,(H,22,25)(H,26,27). The first-order chi connectivity index (χ1) is 12.6. The fraction of sp³-hybridized carbons (Fsp3) is 0.421. The lowest BCUT2D eigenvalue weighted by molar-refractivity contribution is -0.142. The summed E-state index contributed by atoms with van der Waals surface area (Å²) >= 11 is 5.63. The van der Waals surface area contributed by atoms with E-state index in [0.29, 0.717) is 5.92 Å². The summed E-state index contributed by atoms with van der Waals surface area (Å²) in [7, 11) is 0. The molecular weight excluding hydrogens is 373 g/mol. The molecule has 2 N–H and O–H groups in total. The molecule has 0 spiro atoms. The number of aliphatic carboxylic acids is 1. The van der Waals surface area contributed by atoms with Gasteiger partial charge in [-0.15, -0.1) is 0 Å². The largest absolute Gasteiger partial charge is 0.479 e. The molecule has 1 heterocycles. The van der Waals surface area contributed by atoms with E-state index in [1.807, 2.05) is 18.5 Å². The predicted octanol–water partition coefficient (Wildman–Crippen LogP) is 3.43. The summed E-state index contributed by atoms with van der Waals surface area (Å²) in [6, 6.07) is 2.29. The van der Waals surface area contributed by atoms with Crippen molar-refractivity contribution in [1.82, 2.24) is 15.1 Å². The quantitative estimate of drug-likeness (QED) is 0.752. The fourth-order valence-corrected chi connectivity index (χ4v) is 2.98. The molecule has 0 bridgehead atoms. The lowest BCUT2D eigenvalue weighted by Crippen LogP contribution is -2.35. The number of benzene rings is 1. The number of carboxylic acids is 1. The highest BCUT2D eigenvalue weighted by molar-refractivity contribution is 6.30. The molecule has 2 rings (SSSR count). The summed E-state index contributed by atoms with van der Waals surface area (Å²) in [4.78, 5) is 24.0. The molecule has 0 radical (unpaired) electrons. The van der Waals surface area contributed by atoms with Crippen molar-refractivity contribution in [3.8, 4) is 0 Å². The van der Waals surface area contributed by atoms with Gasteiger partial charge in [0.1, 0.15) is 5.82 Å². The van der Waals surface area contributed by atoms with Crippen molar-refractivity contribution in [1.29, 1.82) is 0 Å². The molecule has 6 nitrogen and oxygen atoms in total. The number of nitrogens with one attached hydrogen (secondary N) is 1. The van der Waals surface area contributed by atoms with Crippen LogP contribution in [-0.2, 0) is 22.6 Å². The molecule has 27 heavy (non-hydrogen) atoms. The van der Waals surface area contributed by atoms with Crippen molar-refractivity contribution in [2.45, 2.75) is 46.7 Å². The summed E-state index contributed by atoms with van der Waals surface area (Å²) in [6.07, 6.45) is -0.00435. The summed E-state index contributed by atoms with van der Waals surface area (Å²) in [6.45, 7) is 8.58. The molecule has 1 atom stereocenters. The van der Waals surface area contributed by atoms with E-state index >= 15 is 0 Å². The van der Waals surface area contributed by atoms with Crippen LogP contribution in [0.4, 0.5) is 4.39 Å². The first-order valence-corrected chi connectivity index (χ1v) is 8.98. The van der Waals surface area contributed by atoms with Gasteiger partial charge in [0.25, 0.3) is 0 Å². The lowest BCUT2D eigenvalue weighted by atomic mass is 10.1. The highest BCUT2D eigenvalue weighted by Gasteiger charge is 2.24. The van der Waals surface area contributed by atoms with Gasteiger partial charge < -0.3 is 10.4 Å². The van der Waals surface area contributed by atoms with Crippen molar-refractivity contribution in [3.63, 3.8) is 0 Å². The van der Waals surface area contributed by atoms with Gasteiger partial charge >= 0.3 is 5.97 Å². The molecule has 0 aliphatic carbocycles. The number of aryl methyl sites for hydroxylation is 1. The number of rotatable bonds is 7. The Balaban J connectivity index is 2.18. The van der Waals surface area contributed by atoms with E-state index in [0.717, 1.165) is 29.6 Å². The second-order valence-electron chi connectivity index (χ2n) is 6.91. The lowest BCUT2D eigenvalue weighted by Gasteiger charge is -2.15. The first-order valence-electron chi connectivity index (χ1n) is 8.60. The first kappa shape index (κ1) is 20.9. The van der Waals surface area contributed by atoms with Gasteiger partial charge in [-0.05, 0) is 37.5 Å². The average molecular weight is 396 g/mol. The van der Waals surface area contributed by atoms with Crippen LogP contribution in [0.1, 0.15) is 42.4 Å². The van der Waals surface area contributed by atoms with Gasteiger partial charge in [-0.2, -0.15) is 5.10 Å². The smallest absolute Gasteiger partial charge is 0.330 e. The number of hydrogen-bond donors (Lipinski definition) is 2. The molecule has 0 saturated carbocycles. The van der Waals surface area contributed by atoms with E-state index in [1.165, 1.54) is 12.1 Å². The zero-order chi connectivity index (χ0) is 20.3. The minimum Gasteiger partial charge on any atom is -0.479 e. The third kappa shape index (κ3) is 5.07. The molecule has 0 saturated heterocycles. The third-order valence-electron chi connectivity index (χ3n) is 4.24. The maximum absolute atomic E-state index is 13.7. The van der Waals surface area contributed by atoms with Crippen LogP contribution in [0.25, 0.3) is 0 Å². The van der Waals surface area contributed by atoms with E-state index < -0.39 is 23.7 Å². The number of nitrogens with zero attached hydrogens (tertiary/aromatic N) is 2. The Hall–Kier alpha value is -2.41. The Labute approximate surface area is 162 Å². The number of carbonyl (C=O) groups is 2. The van der Waals surface area contributed by atoms with Crippen LogP contribution in [0.2, 0.25) is 5.02 Å². The SMILES string of the molecule is Cc1nn(CC(C)C)c(C)c1CC(=O)NC(C(=O)O)c1ccc(Cl)c(F)c1.